The van der Waals surface area contributed by atoms with Crippen molar-refractivity contribution < 1.29 is 12.8 Å². The van der Waals surface area contributed by atoms with Crippen molar-refractivity contribution in [3.05, 3.63) is 53.8 Å². The highest BCUT2D eigenvalue weighted by atomic mass is 32.2. The van der Waals surface area contributed by atoms with Crippen LogP contribution in [0.5, 0.6) is 0 Å². The third-order valence-electron chi connectivity index (χ3n) is 3.28. The highest BCUT2D eigenvalue weighted by molar-refractivity contribution is 7.92. The molecule has 0 radical (unpaired) electrons. The second-order valence-corrected chi connectivity index (χ2v) is 7.52. The minimum atomic E-state index is -3.74. The topological polar surface area (TPSA) is 58.2 Å². The first-order valence-corrected chi connectivity index (χ1v) is 8.89. The quantitative estimate of drug-likeness (QED) is 0.838. The van der Waals surface area contributed by atoms with Crippen LogP contribution in [-0.2, 0) is 10.0 Å². The molecule has 0 heterocycles. The van der Waals surface area contributed by atoms with Crippen LogP contribution in [0.25, 0.3) is 0 Å². The highest BCUT2D eigenvalue weighted by Crippen LogP contribution is 2.21. The Labute approximate surface area is 136 Å². The molecule has 0 fully saturated rings. The van der Waals surface area contributed by atoms with E-state index >= 15 is 0 Å². The van der Waals surface area contributed by atoms with Gasteiger partial charge in [-0.2, -0.15) is 0 Å². The summed E-state index contributed by atoms with van der Waals surface area (Å²) in [6.07, 6.45) is 0. The van der Waals surface area contributed by atoms with Gasteiger partial charge in [-0.1, -0.05) is 13.8 Å². The van der Waals surface area contributed by atoms with E-state index in [0.29, 0.717) is 17.2 Å². The van der Waals surface area contributed by atoms with E-state index in [0.717, 1.165) is 18.3 Å². The summed E-state index contributed by atoms with van der Waals surface area (Å²) < 4.78 is 40.4. The predicted molar refractivity (Wildman–Crippen MR) is 91.7 cm³/mol. The van der Waals surface area contributed by atoms with Gasteiger partial charge in [0, 0.05) is 17.9 Å². The van der Waals surface area contributed by atoms with Crippen molar-refractivity contribution in [3.63, 3.8) is 0 Å². The van der Waals surface area contributed by atoms with Crippen LogP contribution in [0.4, 0.5) is 15.8 Å². The molecule has 0 amide bonds. The lowest BCUT2D eigenvalue weighted by Crippen LogP contribution is -2.14. The molecule has 2 rings (SSSR count). The molecule has 0 saturated heterocycles. The number of halogens is 1. The van der Waals surface area contributed by atoms with E-state index in [1.807, 2.05) is 12.1 Å². The normalized spacial score (nSPS) is 11.5. The molecular weight excluding hydrogens is 315 g/mol. The number of aryl methyl sites for hydroxylation is 1. The summed E-state index contributed by atoms with van der Waals surface area (Å²) in [5, 5.41) is 3.26. The smallest absolute Gasteiger partial charge is 0.262 e. The first-order valence-electron chi connectivity index (χ1n) is 7.41. The Bertz CT molecular complexity index is 772. The van der Waals surface area contributed by atoms with E-state index in [2.05, 4.69) is 23.9 Å². The third kappa shape index (κ3) is 4.69. The van der Waals surface area contributed by atoms with Gasteiger partial charge in [0.2, 0.25) is 0 Å². The minimum Gasteiger partial charge on any atom is -0.385 e. The summed E-state index contributed by atoms with van der Waals surface area (Å²) in [5.74, 6) is 0.0664. The lowest BCUT2D eigenvalue weighted by molar-refractivity contribution is 0.598. The number of anilines is 2. The number of sulfonamides is 1. The van der Waals surface area contributed by atoms with Crippen LogP contribution in [0.1, 0.15) is 19.4 Å². The van der Waals surface area contributed by atoms with Gasteiger partial charge >= 0.3 is 0 Å². The molecule has 124 valence electrons. The summed E-state index contributed by atoms with van der Waals surface area (Å²) in [6, 6.07) is 10.6. The van der Waals surface area contributed by atoms with Crippen LogP contribution >= 0.6 is 0 Å². The van der Waals surface area contributed by atoms with E-state index in [4.69, 9.17) is 0 Å². The Morgan fingerprint density at radius 1 is 1.04 bits per heavy atom. The first-order chi connectivity index (χ1) is 10.8. The van der Waals surface area contributed by atoms with Crippen molar-refractivity contribution in [2.24, 2.45) is 5.92 Å². The molecular formula is C17H21FN2O2S. The van der Waals surface area contributed by atoms with Crippen LogP contribution in [0.15, 0.2) is 47.4 Å². The molecule has 0 aromatic heterocycles. The molecule has 2 N–H and O–H groups in total. The molecule has 6 heteroatoms. The average molecular weight is 336 g/mol. The number of benzene rings is 2. The third-order valence-corrected chi connectivity index (χ3v) is 4.82. The second-order valence-electron chi connectivity index (χ2n) is 5.87. The molecule has 0 saturated carbocycles. The maximum absolute atomic E-state index is 13.1. The Morgan fingerprint density at radius 2 is 1.65 bits per heavy atom. The number of rotatable bonds is 6. The summed E-state index contributed by atoms with van der Waals surface area (Å²) in [6.45, 7) is 6.64. The molecule has 0 aliphatic heterocycles. The maximum Gasteiger partial charge on any atom is 0.262 e. The van der Waals surface area contributed by atoms with Gasteiger partial charge in [0.1, 0.15) is 5.82 Å². The van der Waals surface area contributed by atoms with Crippen LogP contribution in [-0.4, -0.2) is 15.0 Å². The van der Waals surface area contributed by atoms with Gasteiger partial charge in [-0.15, -0.1) is 0 Å². The van der Waals surface area contributed by atoms with E-state index in [1.54, 1.807) is 19.1 Å². The zero-order chi connectivity index (χ0) is 17.0. The average Bonchev–Trinajstić information content (AvgIpc) is 2.45. The fourth-order valence-electron chi connectivity index (χ4n) is 2.10. The zero-order valence-corrected chi connectivity index (χ0v) is 14.2. The van der Waals surface area contributed by atoms with Crippen LogP contribution in [0.2, 0.25) is 0 Å². The SMILES string of the molecule is Cc1cc(F)ccc1S(=O)(=O)Nc1ccc(NCC(C)C)cc1. The molecule has 0 bridgehead atoms. The van der Waals surface area contributed by atoms with Gasteiger partial charge < -0.3 is 5.32 Å². The first kappa shape index (κ1) is 17.3. The molecule has 0 aliphatic carbocycles. The Hall–Kier alpha value is -2.08. The van der Waals surface area contributed by atoms with Crippen molar-refractivity contribution >= 4 is 21.4 Å². The summed E-state index contributed by atoms with van der Waals surface area (Å²) >= 11 is 0. The van der Waals surface area contributed by atoms with Gasteiger partial charge in [0.15, 0.2) is 0 Å². The fourth-order valence-corrected chi connectivity index (χ4v) is 3.39. The standard InChI is InChI=1S/C17H21FN2O2S/c1-12(2)11-19-15-5-7-16(8-6-15)20-23(21,22)17-9-4-14(18)10-13(17)3/h4-10,12,19-20H,11H2,1-3H3. The monoisotopic (exact) mass is 336 g/mol. The molecule has 2 aromatic rings. The summed E-state index contributed by atoms with van der Waals surface area (Å²) in [4.78, 5) is 0.0703. The predicted octanol–water partition coefficient (Wildman–Crippen LogP) is 4.00. The molecule has 23 heavy (non-hydrogen) atoms. The Balaban J connectivity index is 2.14. The van der Waals surface area contributed by atoms with Crippen molar-refractivity contribution in [2.75, 3.05) is 16.6 Å². The van der Waals surface area contributed by atoms with Gasteiger partial charge in [-0.3, -0.25) is 4.72 Å². The molecule has 0 aliphatic rings. The minimum absolute atomic E-state index is 0.0703. The van der Waals surface area contributed by atoms with Gasteiger partial charge in [-0.05, 0) is 60.9 Å². The lowest BCUT2D eigenvalue weighted by atomic mass is 10.2. The van der Waals surface area contributed by atoms with Crippen molar-refractivity contribution in [1.29, 1.82) is 0 Å². The number of hydrogen-bond donors (Lipinski definition) is 2. The van der Waals surface area contributed by atoms with Gasteiger partial charge in [0.25, 0.3) is 10.0 Å². The van der Waals surface area contributed by atoms with Gasteiger partial charge in [0.05, 0.1) is 4.90 Å². The van der Waals surface area contributed by atoms with Crippen LogP contribution in [0, 0.1) is 18.7 Å². The molecule has 4 nitrogen and oxygen atoms in total. The number of hydrogen-bond acceptors (Lipinski definition) is 3. The second kappa shape index (κ2) is 7.00. The Kier molecular flexibility index (Phi) is 5.26. The Morgan fingerprint density at radius 3 is 2.22 bits per heavy atom. The van der Waals surface area contributed by atoms with Crippen LogP contribution in [0.3, 0.4) is 0 Å². The molecule has 0 atom stereocenters. The van der Waals surface area contributed by atoms with Crippen molar-refractivity contribution in [2.45, 2.75) is 25.7 Å². The van der Waals surface area contributed by atoms with Gasteiger partial charge in [-0.25, -0.2) is 12.8 Å². The van der Waals surface area contributed by atoms with E-state index < -0.39 is 15.8 Å². The summed E-state index contributed by atoms with van der Waals surface area (Å²) in [5.41, 5.74) is 1.76. The van der Waals surface area contributed by atoms with Crippen molar-refractivity contribution in [3.8, 4) is 0 Å². The van der Waals surface area contributed by atoms with E-state index in [1.165, 1.54) is 12.1 Å². The van der Waals surface area contributed by atoms with E-state index in [-0.39, 0.29) is 4.90 Å². The van der Waals surface area contributed by atoms with Crippen LogP contribution < -0.4 is 10.0 Å². The van der Waals surface area contributed by atoms with Crippen molar-refractivity contribution in [1.82, 2.24) is 0 Å². The summed E-state index contributed by atoms with van der Waals surface area (Å²) in [7, 11) is -3.74. The molecule has 0 spiro atoms. The lowest BCUT2D eigenvalue weighted by Gasteiger charge is -2.12. The fraction of sp³-hybridized carbons (Fsp3) is 0.294. The highest BCUT2D eigenvalue weighted by Gasteiger charge is 2.17. The molecule has 0 unspecified atom stereocenters. The zero-order valence-electron chi connectivity index (χ0n) is 13.4. The van der Waals surface area contributed by atoms with E-state index in [9.17, 15) is 12.8 Å². The molecule has 2 aromatic carbocycles. The maximum atomic E-state index is 13.1. The number of nitrogens with one attached hydrogen (secondary N) is 2. The largest absolute Gasteiger partial charge is 0.385 e.